The van der Waals surface area contributed by atoms with Gasteiger partial charge in [-0.05, 0) is 49.4 Å². The lowest BCUT2D eigenvalue weighted by atomic mass is 9.99. The third-order valence-electron chi connectivity index (χ3n) is 16.8. The summed E-state index contributed by atoms with van der Waals surface area (Å²) in [4.78, 5) is 72.5. The maximum Gasteiger partial charge on any atom is 0.472 e. The molecule has 0 aliphatic heterocycles. The summed E-state index contributed by atoms with van der Waals surface area (Å²) in [5.74, 6) is 0.866. The van der Waals surface area contributed by atoms with Crippen molar-refractivity contribution in [3.8, 4) is 0 Å². The average Bonchev–Trinajstić information content (AvgIpc) is 3.56. The molecule has 0 saturated heterocycles. The number of esters is 4. The Morgan fingerprint density at radius 2 is 0.539 bits per heavy atom. The third kappa shape index (κ3) is 62.0. The van der Waals surface area contributed by atoms with Crippen LogP contribution in [0, 0.1) is 23.7 Å². The van der Waals surface area contributed by atoms with Crippen LogP contribution in [0.3, 0.4) is 0 Å². The van der Waals surface area contributed by atoms with Crippen LogP contribution in [-0.4, -0.2) is 96.7 Å². The lowest BCUT2D eigenvalue weighted by Gasteiger charge is -2.21. The molecule has 0 aromatic carbocycles. The first-order chi connectivity index (χ1) is 42.7. The van der Waals surface area contributed by atoms with Crippen LogP contribution < -0.4 is 0 Å². The molecule has 528 valence electrons. The van der Waals surface area contributed by atoms with E-state index < -0.39 is 97.5 Å². The summed E-state index contributed by atoms with van der Waals surface area (Å²) in [7, 11) is -9.90. The molecule has 17 nitrogen and oxygen atoms in total. The van der Waals surface area contributed by atoms with Gasteiger partial charge in [0.05, 0.1) is 26.4 Å². The maximum atomic E-state index is 13.0. The second kappa shape index (κ2) is 59.8. The predicted molar refractivity (Wildman–Crippen MR) is 358 cm³/mol. The number of aliphatic hydroxyl groups excluding tert-OH is 1. The van der Waals surface area contributed by atoms with Crippen molar-refractivity contribution in [2.75, 3.05) is 39.6 Å². The Kier molecular flexibility index (Phi) is 58.5. The zero-order chi connectivity index (χ0) is 66.1. The second-order valence-corrected chi connectivity index (χ2v) is 29.6. The number of carbonyl (C=O) groups excluding carboxylic acids is 4. The van der Waals surface area contributed by atoms with Crippen LogP contribution in [0.1, 0.15) is 344 Å². The van der Waals surface area contributed by atoms with Crippen LogP contribution in [0.2, 0.25) is 0 Å². The molecule has 0 radical (unpaired) electrons. The van der Waals surface area contributed by atoms with E-state index in [0.29, 0.717) is 37.5 Å². The van der Waals surface area contributed by atoms with Crippen molar-refractivity contribution in [2.24, 2.45) is 23.7 Å². The van der Waals surface area contributed by atoms with E-state index in [-0.39, 0.29) is 25.7 Å². The fraction of sp³-hybridized carbons (Fsp3) is 0.943. The lowest BCUT2D eigenvalue weighted by Crippen LogP contribution is -2.30. The van der Waals surface area contributed by atoms with Gasteiger partial charge in [-0.15, -0.1) is 0 Å². The Bertz CT molecular complexity index is 1770. The van der Waals surface area contributed by atoms with Gasteiger partial charge in [0, 0.05) is 25.7 Å². The maximum absolute atomic E-state index is 13.0. The molecule has 0 aromatic heterocycles. The van der Waals surface area contributed by atoms with E-state index in [1.54, 1.807) is 0 Å². The first-order valence-electron chi connectivity index (χ1n) is 36.3. The molecule has 4 unspecified atom stereocenters. The molecule has 0 amide bonds. The minimum atomic E-state index is -4.95. The molecule has 0 aliphatic carbocycles. The molecule has 0 rings (SSSR count). The van der Waals surface area contributed by atoms with Gasteiger partial charge in [0.2, 0.25) is 0 Å². The number of ether oxygens (including phenoxy) is 4. The molecule has 0 spiro atoms. The number of aliphatic hydroxyl groups is 1. The van der Waals surface area contributed by atoms with E-state index >= 15 is 0 Å². The lowest BCUT2D eigenvalue weighted by molar-refractivity contribution is -0.161. The number of phosphoric acid groups is 2. The highest BCUT2D eigenvalue weighted by molar-refractivity contribution is 7.47. The summed E-state index contributed by atoms with van der Waals surface area (Å²) in [6.45, 7) is 14.1. The summed E-state index contributed by atoms with van der Waals surface area (Å²) in [5, 5.41) is 10.6. The van der Waals surface area contributed by atoms with Gasteiger partial charge >= 0.3 is 39.5 Å². The zero-order valence-corrected chi connectivity index (χ0v) is 59.8. The van der Waals surface area contributed by atoms with Gasteiger partial charge in [0.25, 0.3) is 0 Å². The summed E-state index contributed by atoms with van der Waals surface area (Å²) >= 11 is 0. The van der Waals surface area contributed by atoms with Crippen LogP contribution in [0.15, 0.2) is 0 Å². The van der Waals surface area contributed by atoms with Crippen LogP contribution >= 0.6 is 15.6 Å². The SMILES string of the molecule is CCC(C)CCCCCCCCCCCCCCCCC(=O)O[C@H](COC(=O)CCCCCCCCC(C)C)COP(=O)(O)OC[C@H](O)COP(=O)(O)OC[C@@H](COC(=O)CCCCCCCCCC(C)C)OC(=O)CCCCCCCCCCC(C)CC. The Morgan fingerprint density at radius 3 is 0.798 bits per heavy atom. The smallest absolute Gasteiger partial charge is 0.462 e. The summed E-state index contributed by atoms with van der Waals surface area (Å²) in [6, 6.07) is 0. The van der Waals surface area contributed by atoms with Gasteiger partial charge in [-0.25, -0.2) is 9.13 Å². The minimum Gasteiger partial charge on any atom is -0.462 e. The van der Waals surface area contributed by atoms with Crippen molar-refractivity contribution < 1.29 is 80.2 Å². The molecule has 0 bridgehead atoms. The van der Waals surface area contributed by atoms with Crippen LogP contribution in [-0.2, 0) is 65.4 Å². The van der Waals surface area contributed by atoms with E-state index in [1.165, 1.54) is 135 Å². The third-order valence-corrected chi connectivity index (χ3v) is 18.7. The number of hydrogen-bond acceptors (Lipinski definition) is 15. The topological polar surface area (TPSA) is 237 Å². The summed E-state index contributed by atoms with van der Waals surface area (Å²) in [5.41, 5.74) is 0. The van der Waals surface area contributed by atoms with E-state index in [1.807, 2.05) is 0 Å². The molecule has 0 fully saturated rings. The highest BCUT2D eigenvalue weighted by Gasteiger charge is 2.30. The van der Waals surface area contributed by atoms with Gasteiger partial charge in [-0.2, -0.15) is 0 Å². The molecule has 89 heavy (non-hydrogen) atoms. The molecule has 0 heterocycles. The number of rotatable bonds is 67. The fourth-order valence-electron chi connectivity index (χ4n) is 10.4. The van der Waals surface area contributed by atoms with Crippen molar-refractivity contribution in [3.63, 3.8) is 0 Å². The van der Waals surface area contributed by atoms with Crippen molar-refractivity contribution in [1.29, 1.82) is 0 Å². The predicted octanol–water partition coefficient (Wildman–Crippen LogP) is 19.7. The quantitative estimate of drug-likeness (QED) is 0.0222. The van der Waals surface area contributed by atoms with Crippen LogP contribution in [0.25, 0.3) is 0 Å². The van der Waals surface area contributed by atoms with E-state index in [4.69, 9.17) is 37.0 Å². The van der Waals surface area contributed by atoms with Crippen molar-refractivity contribution in [1.82, 2.24) is 0 Å². The number of unbranched alkanes of at least 4 members (excludes halogenated alkanes) is 31. The van der Waals surface area contributed by atoms with E-state index in [0.717, 1.165) is 115 Å². The van der Waals surface area contributed by atoms with Crippen molar-refractivity contribution >= 4 is 39.5 Å². The molecule has 19 heteroatoms. The van der Waals surface area contributed by atoms with Gasteiger partial charge in [-0.3, -0.25) is 37.3 Å². The number of phosphoric ester groups is 2. The Labute approximate surface area is 543 Å². The second-order valence-electron chi connectivity index (χ2n) is 26.7. The molecular formula is C70H136O17P2. The minimum absolute atomic E-state index is 0.104. The van der Waals surface area contributed by atoms with Gasteiger partial charge < -0.3 is 33.8 Å². The largest absolute Gasteiger partial charge is 0.472 e. The number of hydrogen-bond donors (Lipinski definition) is 3. The highest BCUT2D eigenvalue weighted by atomic mass is 31.2. The highest BCUT2D eigenvalue weighted by Crippen LogP contribution is 2.45. The van der Waals surface area contributed by atoms with Crippen LogP contribution in [0.5, 0.6) is 0 Å². The standard InChI is InChI=1S/C70H136O17P2/c1-9-62(7)48-40-32-23-17-15-13-11-12-14-16-18-25-36-44-52-69(74)86-66(57-81-68(73)51-43-35-29-28-31-39-47-61(5)6)59-85-89(78,79)83-55-64(71)54-82-88(76,77)84-58-65(56-80-67(72)50-42-34-27-21-22-30-38-46-60(3)4)87-70(75)53-45-37-26-20-19-24-33-41-49-63(8)10-2/h60-66,71H,9-59H2,1-8H3,(H,76,77)(H,78,79)/t62?,63?,64-,65-,66-/m1/s1. The summed E-state index contributed by atoms with van der Waals surface area (Å²) in [6.07, 6.45) is 41.8. The number of carbonyl (C=O) groups is 4. The molecule has 7 atom stereocenters. The normalized spacial score (nSPS) is 14.9. The molecular weight excluding hydrogens is 1170 g/mol. The Morgan fingerprint density at radius 1 is 0.315 bits per heavy atom. The first-order valence-corrected chi connectivity index (χ1v) is 39.3. The van der Waals surface area contributed by atoms with Crippen molar-refractivity contribution in [2.45, 2.75) is 363 Å². The van der Waals surface area contributed by atoms with E-state index in [2.05, 4.69) is 55.4 Å². The molecule has 3 N–H and O–H groups in total. The monoisotopic (exact) mass is 1310 g/mol. The Hall–Kier alpha value is -1.94. The fourth-order valence-corrected chi connectivity index (χ4v) is 12.0. The van der Waals surface area contributed by atoms with Gasteiger partial charge in [0.15, 0.2) is 12.2 Å². The van der Waals surface area contributed by atoms with Gasteiger partial charge in [0.1, 0.15) is 19.3 Å². The molecule has 0 saturated carbocycles. The molecule has 0 aliphatic rings. The van der Waals surface area contributed by atoms with E-state index in [9.17, 15) is 43.2 Å². The average molecular weight is 1310 g/mol. The summed E-state index contributed by atoms with van der Waals surface area (Å²) < 4.78 is 68.2. The van der Waals surface area contributed by atoms with Gasteiger partial charge in [-0.1, -0.05) is 293 Å². The van der Waals surface area contributed by atoms with Crippen LogP contribution in [0.4, 0.5) is 0 Å². The van der Waals surface area contributed by atoms with Crippen molar-refractivity contribution in [3.05, 3.63) is 0 Å². The Balaban J connectivity index is 5.21. The zero-order valence-electron chi connectivity index (χ0n) is 58.1. The first kappa shape index (κ1) is 87.1. The molecule has 0 aromatic rings.